The summed E-state index contributed by atoms with van der Waals surface area (Å²) in [5.74, 6) is -3.19. The second kappa shape index (κ2) is 10.3. The van der Waals surface area contributed by atoms with Gasteiger partial charge in [0.05, 0.1) is 15.7 Å². The van der Waals surface area contributed by atoms with Crippen LogP contribution in [0.15, 0.2) is 65.8 Å². The quantitative estimate of drug-likeness (QED) is 0.387. The van der Waals surface area contributed by atoms with Crippen LogP contribution in [0.2, 0.25) is 0 Å². The van der Waals surface area contributed by atoms with Gasteiger partial charge in [0.25, 0.3) is 0 Å². The van der Waals surface area contributed by atoms with Crippen LogP contribution >= 0.6 is 0 Å². The van der Waals surface area contributed by atoms with Crippen LogP contribution in [-0.2, 0) is 21.9 Å². The molecule has 2 aromatic heterocycles. The minimum Gasteiger partial charge on any atom is -0.390 e. The molecule has 2 heterocycles. The van der Waals surface area contributed by atoms with Crippen LogP contribution in [0.1, 0.15) is 36.9 Å². The Morgan fingerprint density at radius 2 is 1.57 bits per heavy atom. The van der Waals surface area contributed by atoms with Gasteiger partial charge in [0.1, 0.15) is 18.1 Å². The Kier molecular flexibility index (Phi) is 7.52. The summed E-state index contributed by atoms with van der Waals surface area (Å²) in [5, 5.41) is 11.3. The fraction of sp³-hybridized carbons (Fsp3) is 0.360. The van der Waals surface area contributed by atoms with Crippen LogP contribution < -0.4 is 5.32 Å². The molecule has 6 nitrogen and oxygen atoms in total. The number of benzene rings is 1. The summed E-state index contributed by atoms with van der Waals surface area (Å²) in [7, 11) is -3.65. The zero-order valence-electron chi connectivity index (χ0n) is 19.4. The van der Waals surface area contributed by atoms with Gasteiger partial charge in [0.2, 0.25) is 0 Å². The minimum absolute atomic E-state index is 0.115. The average molecular weight is 542 g/mol. The molecule has 1 aliphatic carbocycles. The maximum atomic E-state index is 13.8. The molecule has 0 saturated heterocycles. The third-order valence-corrected chi connectivity index (χ3v) is 8.68. The van der Waals surface area contributed by atoms with Crippen molar-refractivity contribution in [3.63, 3.8) is 0 Å². The SMILES string of the molecule is O=S(=O)(c1ccc(-c2ccnc(C(F)(F)CO)c2)cc1)[C@H]1CC[C@H](Nc2ccc(C(F)(F)F)cn2)CC1. The summed E-state index contributed by atoms with van der Waals surface area (Å²) in [4.78, 5) is 7.53. The number of anilines is 1. The molecule has 3 aromatic rings. The monoisotopic (exact) mass is 541 g/mol. The maximum absolute atomic E-state index is 13.8. The van der Waals surface area contributed by atoms with Gasteiger partial charge in [-0.1, -0.05) is 12.1 Å². The van der Waals surface area contributed by atoms with Gasteiger partial charge in [-0.25, -0.2) is 13.4 Å². The highest BCUT2D eigenvalue weighted by Crippen LogP contribution is 2.33. The van der Waals surface area contributed by atoms with Crippen molar-refractivity contribution in [1.82, 2.24) is 9.97 Å². The number of nitrogens with zero attached hydrogens (tertiary/aromatic N) is 2. The predicted octanol–water partition coefficient (Wildman–Crippen LogP) is 5.44. The van der Waals surface area contributed by atoms with Crippen LogP contribution in [0.4, 0.5) is 27.8 Å². The van der Waals surface area contributed by atoms with Gasteiger partial charge in [-0.3, -0.25) is 4.98 Å². The Hall–Kier alpha value is -3.12. The number of halogens is 5. The van der Waals surface area contributed by atoms with E-state index in [9.17, 15) is 30.4 Å². The lowest BCUT2D eigenvalue weighted by Crippen LogP contribution is -2.33. The number of hydrogen-bond acceptors (Lipinski definition) is 6. The van der Waals surface area contributed by atoms with Crippen molar-refractivity contribution in [2.75, 3.05) is 11.9 Å². The highest BCUT2D eigenvalue weighted by atomic mass is 32.2. The third kappa shape index (κ3) is 6.07. The van der Waals surface area contributed by atoms with Crippen molar-refractivity contribution >= 4 is 15.7 Å². The molecule has 1 saturated carbocycles. The van der Waals surface area contributed by atoms with Gasteiger partial charge in [-0.2, -0.15) is 22.0 Å². The normalized spacial score (nSPS) is 19.0. The van der Waals surface area contributed by atoms with E-state index < -0.39 is 45.1 Å². The molecule has 0 atom stereocenters. The second-order valence-corrected chi connectivity index (χ2v) is 11.1. The van der Waals surface area contributed by atoms with E-state index in [4.69, 9.17) is 5.11 Å². The Morgan fingerprint density at radius 3 is 2.14 bits per heavy atom. The first-order valence-corrected chi connectivity index (χ1v) is 13.0. The molecule has 12 heteroatoms. The molecule has 0 bridgehead atoms. The van der Waals surface area contributed by atoms with Gasteiger partial charge >= 0.3 is 12.1 Å². The van der Waals surface area contributed by atoms with Crippen molar-refractivity contribution in [3.05, 3.63) is 72.2 Å². The first-order valence-electron chi connectivity index (χ1n) is 11.5. The fourth-order valence-electron chi connectivity index (χ4n) is 4.29. The van der Waals surface area contributed by atoms with Crippen molar-refractivity contribution in [3.8, 4) is 11.1 Å². The van der Waals surface area contributed by atoms with Crippen LogP contribution in [0.25, 0.3) is 11.1 Å². The minimum atomic E-state index is -4.47. The summed E-state index contributed by atoms with van der Waals surface area (Å²) in [6, 6.07) is 10.7. The highest BCUT2D eigenvalue weighted by Gasteiger charge is 2.34. The Balaban J connectivity index is 1.39. The number of alkyl halides is 5. The van der Waals surface area contributed by atoms with Gasteiger partial charge in [0, 0.05) is 18.4 Å². The van der Waals surface area contributed by atoms with Crippen LogP contribution in [0.5, 0.6) is 0 Å². The molecule has 198 valence electrons. The van der Waals surface area contributed by atoms with Crippen LogP contribution in [0, 0.1) is 0 Å². The number of aliphatic hydroxyl groups is 1. The van der Waals surface area contributed by atoms with Crippen molar-refractivity contribution in [2.45, 2.75) is 54.0 Å². The van der Waals surface area contributed by atoms with Gasteiger partial charge < -0.3 is 10.4 Å². The Labute approximate surface area is 210 Å². The second-order valence-electron chi connectivity index (χ2n) is 8.91. The fourth-order valence-corrected chi connectivity index (χ4v) is 6.09. The summed E-state index contributed by atoms with van der Waals surface area (Å²) in [5.41, 5.74) is -0.494. The zero-order valence-corrected chi connectivity index (χ0v) is 20.2. The van der Waals surface area contributed by atoms with E-state index in [0.717, 1.165) is 18.3 Å². The molecular formula is C25H24F5N3O3S. The van der Waals surface area contributed by atoms with E-state index in [0.29, 0.717) is 42.6 Å². The van der Waals surface area contributed by atoms with Crippen LogP contribution in [0.3, 0.4) is 0 Å². The topological polar surface area (TPSA) is 92.2 Å². The van der Waals surface area contributed by atoms with E-state index in [1.54, 1.807) is 0 Å². The number of nitrogens with one attached hydrogen (secondary N) is 1. The first kappa shape index (κ1) is 26.9. The molecule has 1 fully saturated rings. The Morgan fingerprint density at radius 1 is 0.892 bits per heavy atom. The smallest absolute Gasteiger partial charge is 0.390 e. The van der Waals surface area contributed by atoms with Gasteiger partial charge in [0.15, 0.2) is 9.84 Å². The lowest BCUT2D eigenvalue weighted by atomic mass is 9.95. The standard InChI is InChI=1S/C25H24F5N3O3S/c26-24(27,15-34)22-13-17(11-12-31-22)16-1-6-20(7-2-16)37(35,36)21-8-4-19(5-9-21)33-23-10-3-18(14-32-23)25(28,29)30/h1-3,6-7,10-14,19,21,34H,4-5,8-9,15H2,(H,32,33)/t19-,21-. The molecular weight excluding hydrogens is 517 g/mol. The molecule has 37 heavy (non-hydrogen) atoms. The van der Waals surface area contributed by atoms with Crippen molar-refractivity contribution in [2.24, 2.45) is 0 Å². The van der Waals surface area contributed by atoms with E-state index >= 15 is 0 Å². The number of hydrogen-bond donors (Lipinski definition) is 2. The van der Waals surface area contributed by atoms with E-state index in [1.807, 2.05) is 0 Å². The van der Waals surface area contributed by atoms with E-state index in [2.05, 4.69) is 15.3 Å². The highest BCUT2D eigenvalue weighted by molar-refractivity contribution is 7.92. The number of sulfone groups is 1. The van der Waals surface area contributed by atoms with Crippen LogP contribution in [-0.4, -0.2) is 41.4 Å². The zero-order chi connectivity index (χ0) is 26.8. The molecule has 0 unspecified atom stereocenters. The predicted molar refractivity (Wildman–Crippen MR) is 127 cm³/mol. The molecule has 0 radical (unpaired) electrons. The van der Waals surface area contributed by atoms with E-state index in [1.165, 1.54) is 42.6 Å². The maximum Gasteiger partial charge on any atom is 0.417 e. The van der Waals surface area contributed by atoms with Crippen molar-refractivity contribution < 1.29 is 35.5 Å². The summed E-state index contributed by atoms with van der Waals surface area (Å²) < 4.78 is 92.0. The summed E-state index contributed by atoms with van der Waals surface area (Å²) in [6.07, 6.45) is -0.768. The average Bonchev–Trinajstić information content (AvgIpc) is 2.89. The molecule has 0 amide bonds. The largest absolute Gasteiger partial charge is 0.417 e. The number of pyridine rings is 2. The Bertz CT molecular complexity index is 1320. The molecule has 1 aliphatic rings. The van der Waals surface area contributed by atoms with Gasteiger partial charge in [-0.05, 0) is 73.2 Å². The number of aromatic nitrogens is 2. The number of aliphatic hydroxyl groups excluding tert-OH is 1. The van der Waals surface area contributed by atoms with E-state index in [-0.39, 0.29) is 10.9 Å². The van der Waals surface area contributed by atoms with Gasteiger partial charge in [-0.15, -0.1) is 0 Å². The third-order valence-electron chi connectivity index (χ3n) is 6.41. The molecule has 0 spiro atoms. The molecule has 1 aromatic carbocycles. The molecule has 2 N–H and O–H groups in total. The molecule has 0 aliphatic heterocycles. The summed E-state index contributed by atoms with van der Waals surface area (Å²) >= 11 is 0. The summed E-state index contributed by atoms with van der Waals surface area (Å²) in [6.45, 7) is -1.38. The lowest BCUT2D eigenvalue weighted by molar-refractivity contribution is -0.137. The van der Waals surface area contributed by atoms with Crippen molar-refractivity contribution in [1.29, 1.82) is 0 Å². The molecule has 4 rings (SSSR count). The lowest BCUT2D eigenvalue weighted by Gasteiger charge is -2.29. The first-order chi connectivity index (χ1) is 17.4. The number of rotatable bonds is 7.